The van der Waals surface area contributed by atoms with E-state index < -0.39 is 11.5 Å². The first-order valence-corrected chi connectivity index (χ1v) is 9.32. The van der Waals surface area contributed by atoms with Gasteiger partial charge >= 0.3 is 5.97 Å². The summed E-state index contributed by atoms with van der Waals surface area (Å²) in [5.74, 6) is -0.475. The predicted molar refractivity (Wildman–Crippen MR) is 87.5 cm³/mol. The Morgan fingerprint density at radius 1 is 1.20 bits per heavy atom. The van der Waals surface area contributed by atoms with E-state index in [2.05, 4.69) is 5.32 Å². The third-order valence-electron chi connectivity index (χ3n) is 6.88. The van der Waals surface area contributed by atoms with Gasteiger partial charge < -0.3 is 19.7 Å². The zero-order chi connectivity index (χ0) is 17.7. The van der Waals surface area contributed by atoms with Crippen molar-refractivity contribution in [1.29, 1.82) is 0 Å². The van der Waals surface area contributed by atoms with E-state index >= 15 is 0 Å². The molecule has 0 spiro atoms. The molecule has 2 bridgehead atoms. The van der Waals surface area contributed by atoms with E-state index in [1.165, 1.54) is 0 Å². The first-order chi connectivity index (χ1) is 12.0. The first-order valence-electron chi connectivity index (χ1n) is 9.32. The lowest BCUT2D eigenvalue weighted by Crippen LogP contribution is -2.62. The summed E-state index contributed by atoms with van der Waals surface area (Å²) in [6, 6.07) is -1.08. The molecule has 2 aliphatic heterocycles. The van der Waals surface area contributed by atoms with Crippen LogP contribution in [-0.2, 0) is 23.9 Å². The molecular weight excluding hydrogens is 324 g/mol. The van der Waals surface area contributed by atoms with Gasteiger partial charge in [-0.3, -0.25) is 14.4 Å². The maximum atomic E-state index is 12.7. The molecule has 3 saturated carbocycles. The highest BCUT2D eigenvalue weighted by molar-refractivity contribution is 5.97. The monoisotopic (exact) mass is 350 g/mol. The average molecular weight is 350 g/mol. The van der Waals surface area contributed by atoms with E-state index in [9.17, 15) is 14.4 Å². The van der Waals surface area contributed by atoms with Gasteiger partial charge in [-0.2, -0.15) is 0 Å². The molecule has 2 heterocycles. The van der Waals surface area contributed by atoms with Gasteiger partial charge in [-0.1, -0.05) is 0 Å². The van der Waals surface area contributed by atoms with Gasteiger partial charge in [0.05, 0.1) is 11.0 Å². The van der Waals surface area contributed by atoms with Crippen LogP contribution in [0.1, 0.15) is 51.4 Å². The van der Waals surface area contributed by atoms with Crippen molar-refractivity contribution < 1.29 is 23.9 Å². The van der Waals surface area contributed by atoms with E-state index in [0.29, 0.717) is 13.0 Å². The summed E-state index contributed by atoms with van der Waals surface area (Å²) in [6.07, 6.45) is 6.54. The lowest BCUT2D eigenvalue weighted by Gasteiger charge is -2.51. The number of nitrogens with one attached hydrogen (secondary N) is 1. The number of piperazine rings is 1. The molecule has 138 valence electrons. The molecule has 0 radical (unpaired) electrons. The van der Waals surface area contributed by atoms with Crippen molar-refractivity contribution in [3.63, 3.8) is 0 Å². The van der Waals surface area contributed by atoms with Crippen molar-refractivity contribution in [1.82, 2.24) is 10.2 Å². The molecule has 2 amide bonds. The molecular formula is C18H26N2O5. The van der Waals surface area contributed by atoms with Crippen LogP contribution in [0.2, 0.25) is 0 Å². The number of carbonyl (C=O) groups excluding carboxylic acids is 3. The maximum Gasteiger partial charge on any atom is 0.312 e. The second kappa shape index (κ2) is 5.97. The molecule has 7 nitrogen and oxygen atoms in total. The topological polar surface area (TPSA) is 84.9 Å². The number of methoxy groups -OCH3 is 1. The highest BCUT2D eigenvalue weighted by Crippen LogP contribution is 2.54. The van der Waals surface area contributed by atoms with Gasteiger partial charge in [0.25, 0.3) is 0 Å². The molecule has 0 aromatic rings. The van der Waals surface area contributed by atoms with Crippen LogP contribution in [0.3, 0.4) is 0 Å². The molecule has 0 aromatic heterocycles. The second-order valence-corrected chi connectivity index (χ2v) is 8.02. The standard InChI is InChI=1S/C18H26N2O5/c1-24-18-7-4-17(5-8-18,6-9-18)16(23)25-11-12-15(22)20-10-2-3-13(20)14(21)19-12/h12-13H,2-11H2,1H3,(H,19,21)/t12-,13-,17?,18?/m0/s1. The third kappa shape index (κ3) is 2.63. The molecule has 5 aliphatic rings. The van der Waals surface area contributed by atoms with Crippen LogP contribution in [-0.4, -0.2) is 60.6 Å². The molecule has 5 fully saturated rings. The molecule has 3 aliphatic carbocycles. The van der Waals surface area contributed by atoms with E-state index in [1.54, 1.807) is 12.0 Å². The number of hydrogen-bond donors (Lipinski definition) is 1. The summed E-state index contributed by atoms with van der Waals surface area (Å²) in [5, 5.41) is 2.72. The molecule has 5 rings (SSSR count). The minimum atomic E-state index is -0.743. The van der Waals surface area contributed by atoms with Crippen LogP contribution >= 0.6 is 0 Å². The van der Waals surface area contributed by atoms with Crippen molar-refractivity contribution in [2.75, 3.05) is 20.3 Å². The van der Waals surface area contributed by atoms with Crippen LogP contribution in [0.15, 0.2) is 0 Å². The Kier molecular flexibility index (Phi) is 4.02. The third-order valence-corrected chi connectivity index (χ3v) is 6.88. The number of fused-ring (bicyclic) bond motifs is 4. The largest absolute Gasteiger partial charge is 0.463 e. The van der Waals surface area contributed by atoms with Gasteiger partial charge in [-0.15, -0.1) is 0 Å². The predicted octanol–water partition coefficient (Wildman–Crippen LogP) is 0.758. The number of hydrogen-bond acceptors (Lipinski definition) is 5. The summed E-state index contributed by atoms with van der Waals surface area (Å²) in [7, 11) is 1.75. The Bertz CT molecular complexity index is 580. The fraction of sp³-hybridized carbons (Fsp3) is 0.833. The minimum absolute atomic E-state index is 0.0555. The zero-order valence-corrected chi connectivity index (χ0v) is 14.7. The van der Waals surface area contributed by atoms with Crippen LogP contribution in [0.25, 0.3) is 0 Å². The Labute approximate surface area is 147 Å². The van der Waals surface area contributed by atoms with Gasteiger partial charge in [0.1, 0.15) is 18.7 Å². The lowest BCUT2D eigenvalue weighted by molar-refractivity contribution is -0.177. The molecule has 25 heavy (non-hydrogen) atoms. The average Bonchev–Trinajstić information content (AvgIpc) is 3.15. The van der Waals surface area contributed by atoms with Gasteiger partial charge in [0.2, 0.25) is 11.8 Å². The van der Waals surface area contributed by atoms with Crippen LogP contribution < -0.4 is 5.32 Å². The number of nitrogens with zero attached hydrogens (tertiary/aromatic N) is 1. The van der Waals surface area contributed by atoms with Crippen LogP contribution in [0, 0.1) is 5.41 Å². The van der Waals surface area contributed by atoms with Gasteiger partial charge in [0, 0.05) is 13.7 Å². The maximum absolute atomic E-state index is 12.7. The van der Waals surface area contributed by atoms with E-state index in [-0.39, 0.29) is 36.0 Å². The van der Waals surface area contributed by atoms with E-state index in [0.717, 1.165) is 44.9 Å². The molecule has 2 saturated heterocycles. The summed E-state index contributed by atoms with van der Waals surface area (Å²) < 4.78 is 11.2. The van der Waals surface area contributed by atoms with Crippen LogP contribution in [0.5, 0.6) is 0 Å². The number of amides is 2. The molecule has 0 unspecified atom stereocenters. The van der Waals surface area contributed by atoms with Crippen molar-refractivity contribution in [2.45, 2.75) is 69.1 Å². The van der Waals surface area contributed by atoms with Gasteiger partial charge in [0.15, 0.2) is 0 Å². The highest BCUT2D eigenvalue weighted by Gasteiger charge is 2.54. The first kappa shape index (κ1) is 16.8. The van der Waals surface area contributed by atoms with Gasteiger partial charge in [-0.05, 0) is 51.4 Å². The smallest absolute Gasteiger partial charge is 0.312 e. The summed E-state index contributed by atoms with van der Waals surface area (Å²) in [6.45, 7) is 0.550. The Balaban J connectivity index is 1.36. The number of esters is 1. The van der Waals surface area contributed by atoms with Crippen LogP contribution in [0.4, 0.5) is 0 Å². The van der Waals surface area contributed by atoms with E-state index in [4.69, 9.17) is 9.47 Å². The number of carbonyl (C=O) groups is 3. The fourth-order valence-corrected chi connectivity index (χ4v) is 5.02. The zero-order valence-electron chi connectivity index (χ0n) is 14.7. The Morgan fingerprint density at radius 2 is 1.88 bits per heavy atom. The quantitative estimate of drug-likeness (QED) is 0.757. The van der Waals surface area contributed by atoms with Crippen molar-refractivity contribution in [3.8, 4) is 0 Å². The Morgan fingerprint density at radius 3 is 2.52 bits per heavy atom. The van der Waals surface area contributed by atoms with Crippen molar-refractivity contribution >= 4 is 17.8 Å². The summed E-state index contributed by atoms with van der Waals surface area (Å²) in [5.41, 5.74) is -0.488. The SMILES string of the molecule is COC12CCC(C(=O)OC[C@@H]3NC(=O)[C@@H]4CCCN4C3=O)(CC1)CC2. The number of ether oxygens (including phenoxy) is 2. The molecule has 0 aromatic carbocycles. The molecule has 7 heteroatoms. The van der Waals surface area contributed by atoms with E-state index in [1.807, 2.05) is 0 Å². The second-order valence-electron chi connectivity index (χ2n) is 8.02. The number of rotatable bonds is 4. The van der Waals surface area contributed by atoms with Gasteiger partial charge in [-0.25, -0.2) is 0 Å². The fourth-order valence-electron chi connectivity index (χ4n) is 5.02. The van der Waals surface area contributed by atoms with Crippen molar-refractivity contribution in [2.24, 2.45) is 5.41 Å². The lowest BCUT2D eigenvalue weighted by atomic mass is 9.58. The Hall–Kier alpha value is -1.63. The summed E-state index contributed by atoms with van der Waals surface area (Å²) >= 11 is 0. The molecule has 2 atom stereocenters. The van der Waals surface area contributed by atoms with Crippen molar-refractivity contribution in [3.05, 3.63) is 0 Å². The minimum Gasteiger partial charge on any atom is -0.463 e. The highest BCUT2D eigenvalue weighted by atomic mass is 16.5. The summed E-state index contributed by atoms with van der Waals surface area (Å²) in [4.78, 5) is 39.0. The normalized spacial score (nSPS) is 40.0. The molecule has 1 N–H and O–H groups in total.